The van der Waals surface area contributed by atoms with Gasteiger partial charge >= 0.3 is 5.97 Å². The summed E-state index contributed by atoms with van der Waals surface area (Å²) in [6.07, 6.45) is 6.39. The van der Waals surface area contributed by atoms with Crippen LogP contribution in [0.1, 0.15) is 70.4 Å². The normalized spacial score (nSPS) is 16.0. The number of sulfonamides is 2. The fraction of sp³-hybridized carbons (Fsp3) is 0.362. The molecular weight excluding hydrogens is 861 g/mol. The first-order valence-corrected chi connectivity index (χ1v) is 25.7. The van der Waals surface area contributed by atoms with Crippen LogP contribution >= 0.6 is 22.7 Å². The van der Waals surface area contributed by atoms with E-state index >= 15 is 0 Å². The van der Waals surface area contributed by atoms with E-state index in [1.165, 1.54) is 64.1 Å². The molecule has 9 rings (SSSR count). The maximum atomic E-state index is 13.8. The van der Waals surface area contributed by atoms with Crippen molar-refractivity contribution in [2.45, 2.75) is 62.2 Å². The van der Waals surface area contributed by atoms with Gasteiger partial charge in [0.2, 0.25) is 0 Å². The average Bonchev–Trinajstić information content (AvgIpc) is 4.22. The number of nitrogens with zero attached hydrogens (tertiary/aromatic N) is 4. The number of piperazine rings is 1. The fourth-order valence-electron chi connectivity index (χ4n) is 7.86. The van der Waals surface area contributed by atoms with Crippen LogP contribution in [0.15, 0.2) is 107 Å². The Labute approximate surface area is 372 Å². The maximum absolute atomic E-state index is 13.8. The lowest BCUT2D eigenvalue weighted by Crippen LogP contribution is -2.47. The third-order valence-corrected chi connectivity index (χ3v) is 18.6. The van der Waals surface area contributed by atoms with Crippen LogP contribution in [0, 0.1) is 25.7 Å². The van der Waals surface area contributed by atoms with Gasteiger partial charge in [0.15, 0.2) is 0 Å². The molecule has 2 aliphatic carbocycles. The Morgan fingerprint density at radius 3 is 1.40 bits per heavy atom. The van der Waals surface area contributed by atoms with Crippen LogP contribution in [-0.4, -0.2) is 89.9 Å². The third-order valence-electron chi connectivity index (χ3n) is 12.1. The molecular formula is C47H52N4O7S4. The number of aryl methyl sites for hydroxylation is 2. The van der Waals surface area contributed by atoms with Crippen LogP contribution in [0.3, 0.4) is 0 Å². The Kier molecular flexibility index (Phi) is 12.8. The summed E-state index contributed by atoms with van der Waals surface area (Å²) < 4.78 is 59.9. The Balaban J connectivity index is 0.000000174. The van der Waals surface area contributed by atoms with Gasteiger partial charge in [-0.3, -0.25) is 13.4 Å². The van der Waals surface area contributed by atoms with Crippen molar-refractivity contribution in [3.05, 3.63) is 119 Å². The topological polar surface area (TPSA) is 136 Å². The van der Waals surface area contributed by atoms with Crippen molar-refractivity contribution in [1.82, 2.24) is 9.80 Å². The van der Waals surface area contributed by atoms with Gasteiger partial charge in [-0.15, -0.1) is 22.7 Å². The number of aromatic carboxylic acids is 1. The smallest absolute Gasteiger partial charge is 0.335 e. The summed E-state index contributed by atoms with van der Waals surface area (Å²) in [6, 6.07) is 27.9. The highest BCUT2D eigenvalue weighted by Crippen LogP contribution is 2.43. The summed E-state index contributed by atoms with van der Waals surface area (Å²) >= 11 is 3.02. The zero-order chi connectivity index (χ0) is 43.8. The summed E-state index contributed by atoms with van der Waals surface area (Å²) in [7, 11) is -5.49. The molecule has 2 saturated carbocycles. The minimum atomic E-state index is -3.78. The van der Waals surface area contributed by atoms with Crippen LogP contribution in [0.2, 0.25) is 0 Å². The summed E-state index contributed by atoms with van der Waals surface area (Å²) in [5.41, 5.74) is 2.57. The molecule has 62 heavy (non-hydrogen) atoms. The van der Waals surface area contributed by atoms with Crippen molar-refractivity contribution in [3.63, 3.8) is 0 Å². The Bertz CT molecular complexity index is 2800. The van der Waals surface area contributed by atoms with Crippen LogP contribution in [0.5, 0.6) is 0 Å². The number of carboxylic acid groups (broad SMARTS) is 1. The maximum Gasteiger partial charge on any atom is 0.335 e. The minimum absolute atomic E-state index is 0.0389. The Hall–Kier alpha value is -4.80. The molecule has 0 radical (unpaired) electrons. The van der Waals surface area contributed by atoms with Crippen molar-refractivity contribution in [3.8, 4) is 0 Å². The summed E-state index contributed by atoms with van der Waals surface area (Å²) in [5.74, 6) is 0.107. The Morgan fingerprint density at radius 2 is 1.02 bits per heavy atom. The van der Waals surface area contributed by atoms with Crippen LogP contribution in [0.25, 0.3) is 20.2 Å². The number of carbonyl (C=O) groups excluding carboxylic acids is 1. The number of hydrogen-bond acceptors (Lipinski definition) is 9. The zero-order valence-corrected chi connectivity index (χ0v) is 38.5. The van der Waals surface area contributed by atoms with Gasteiger partial charge in [-0.25, -0.2) is 21.6 Å². The Morgan fingerprint density at radius 1 is 0.613 bits per heavy atom. The summed E-state index contributed by atoms with van der Waals surface area (Å²) in [5, 5.41) is 12.8. The van der Waals surface area contributed by atoms with E-state index in [0.717, 1.165) is 80.1 Å². The van der Waals surface area contributed by atoms with Crippen molar-refractivity contribution in [1.29, 1.82) is 0 Å². The van der Waals surface area contributed by atoms with Crippen LogP contribution in [0.4, 0.5) is 10.0 Å². The highest BCUT2D eigenvalue weighted by Gasteiger charge is 2.33. The molecule has 0 bridgehead atoms. The molecule has 0 spiro atoms. The first-order chi connectivity index (χ1) is 29.7. The largest absolute Gasteiger partial charge is 0.478 e. The van der Waals surface area contributed by atoms with Gasteiger partial charge in [0.1, 0.15) is 10.0 Å². The molecule has 0 unspecified atom stereocenters. The average molecular weight is 913 g/mol. The second-order valence-electron chi connectivity index (χ2n) is 16.6. The van der Waals surface area contributed by atoms with E-state index in [-0.39, 0.29) is 21.3 Å². The van der Waals surface area contributed by atoms with Gasteiger partial charge in [-0.1, -0.05) is 62.1 Å². The van der Waals surface area contributed by atoms with Gasteiger partial charge in [-0.05, 0) is 128 Å². The lowest BCUT2D eigenvalue weighted by molar-refractivity contribution is 0.0662. The molecule has 1 saturated heterocycles. The first kappa shape index (κ1) is 43.8. The lowest BCUT2D eigenvalue weighted by atomic mass is 10.2. The van der Waals surface area contributed by atoms with Crippen molar-refractivity contribution >= 4 is 84.8 Å². The molecule has 15 heteroatoms. The van der Waals surface area contributed by atoms with Gasteiger partial charge in [0.25, 0.3) is 26.0 Å². The van der Waals surface area contributed by atoms with E-state index < -0.39 is 26.0 Å². The number of thiophene rings is 2. The van der Waals surface area contributed by atoms with Crippen LogP contribution < -0.4 is 8.61 Å². The van der Waals surface area contributed by atoms with E-state index in [9.17, 15) is 26.4 Å². The van der Waals surface area contributed by atoms with E-state index in [4.69, 9.17) is 5.11 Å². The number of anilines is 2. The predicted octanol–water partition coefficient (Wildman–Crippen LogP) is 9.50. The number of carbonyl (C=O) groups is 2. The molecule has 3 heterocycles. The van der Waals surface area contributed by atoms with E-state index in [1.54, 1.807) is 28.6 Å². The number of carboxylic acids is 1. The number of rotatable bonds is 14. The fourth-order valence-corrected chi connectivity index (χ4v) is 13.8. The lowest BCUT2D eigenvalue weighted by Gasteiger charge is -2.32. The zero-order valence-electron chi connectivity index (χ0n) is 35.2. The van der Waals surface area contributed by atoms with Gasteiger partial charge in [0.05, 0.1) is 15.4 Å². The number of amides is 1. The molecule has 11 nitrogen and oxygen atoms in total. The second-order valence-corrected chi connectivity index (χ2v) is 22.4. The SMILES string of the molecule is Cc1c(N(CCC2CC2)S(=O)(=O)c2ccc(C(=O)N3CCN(C)CC3)cc2)sc2ccccc12.Cc1c(N(CCC2CC2)S(=O)(=O)c2ccc(C(=O)O)cc2)sc2ccccc12. The standard InChI is InChI=1S/C26H31N3O3S2.C21H21NO4S2/c1-19-23-5-3-4-6-24(23)33-26(19)29(14-13-20-7-8-20)34(31,32)22-11-9-21(10-12-22)25(30)28-17-15-27(2)16-18-28;1-14-18-4-2-3-5-19(18)27-20(14)22(13-12-15-6-7-15)28(25,26)17-10-8-16(9-11-17)21(23)24/h3-6,9-12,20H,7-8,13-18H2,1-2H3;2-5,8-11,15H,6-7,12-13H2,1H3,(H,23,24). The van der Waals surface area contributed by atoms with E-state index in [2.05, 4.69) is 18.0 Å². The molecule has 326 valence electrons. The highest BCUT2D eigenvalue weighted by atomic mass is 32.2. The number of likely N-dealkylation sites (N-methyl/N-ethyl adjacent to an activating group) is 1. The molecule has 3 fully saturated rings. The highest BCUT2D eigenvalue weighted by molar-refractivity contribution is 7.93. The molecule has 0 atom stereocenters. The van der Waals surface area contributed by atoms with E-state index in [1.807, 2.05) is 61.2 Å². The molecule has 2 aromatic heterocycles. The molecule has 6 aromatic rings. The number of hydrogen-bond donors (Lipinski definition) is 1. The minimum Gasteiger partial charge on any atom is -0.478 e. The van der Waals surface area contributed by atoms with Gasteiger partial charge in [0, 0.05) is 54.2 Å². The first-order valence-electron chi connectivity index (χ1n) is 21.2. The molecule has 1 N–H and O–H groups in total. The third kappa shape index (κ3) is 9.42. The van der Waals surface area contributed by atoms with Gasteiger partial charge < -0.3 is 14.9 Å². The quantitative estimate of drug-likeness (QED) is 0.114. The second kappa shape index (κ2) is 18.1. The molecule has 3 aliphatic rings. The van der Waals surface area contributed by atoms with Crippen molar-refractivity contribution in [2.24, 2.45) is 11.8 Å². The molecule has 1 aliphatic heterocycles. The molecule has 4 aromatic carbocycles. The van der Waals surface area contributed by atoms with E-state index in [0.29, 0.717) is 43.6 Å². The predicted molar refractivity (Wildman–Crippen MR) is 250 cm³/mol. The molecule has 1 amide bonds. The van der Waals surface area contributed by atoms with Crippen molar-refractivity contribution in [2.75, 3.05) is 54.9 Å². The number of fused-ring (bicyclic) bond motifs is 2. The summed E-state index contributed by atoms with van der Waals surface area (Å²) in [6.45, 7) is 7.95. The summed E-state index contributed by atoms with van der Waals surface area (Å²) in [4.78, 5) is 28.4. The van der Waals surface area contributed by atoms with Crippen LogP contribution in [-0.2, 0) is 20.0 Å². The monoisotopic (exact) mass is 912 g/mol. The number of benzene rings is 4. The van der Waals surface area contributed by atoms with Crippen molar-refractivity contribution < 1.29 is 31.5 Å². The van der Waals surface area contributed by atoms with Gasteiger partial charge in [-0.2, -0.15) is 0 Å².